The van der Waals surface area contributed by atoms with Crippen LogP contribution in [0.25, 0.3) is 0 Å². The minimum atomic E-state index is -0.544. The zero-order chi connectivity index (χ0) is 23.3. The number of aryl methyl sites for hydroxylation is 2. The number of carbonyl (C=O) groups excluding carboxylic acids is 1. The van der Waals surface area contributed by atoms with Gasteiger partial charge in [-0.05, 0) is 69.7 Å². The fourth-order valence-electron chi connectivity index (χ4n) is 2.81. The predicted molar refractivity (Wildman–Crippen MR) is 118 cm³/mol. The minimum Gasteiger partial charge on any atom is -0.456 e. The monoisotopic (exact) mass is 439 g/mol. The number of aromatic nitrogens is 2. The SMILES string of the molecule is Cc1nn(C)c(Oc2ccc(F)cc2)c1/C=N/OCc1ccc(C(=O)OC(C)(C)C)cc1. The van der Waals surface area contributed by atoms with Crippen molar-refractivity contribution in [2.75, 3.05) is 0 Å². The van der Waals surface area contributed by atoms with E-state index in [1.54, 1.807) is 36.0 Å². The lowest BCUT2D eigenvalue weighted by molar-refractivity contribution is 0.00694. The number of esters is 1. The maximum atomic E-state index is 13.1. The van der Waals surface area contributed by atoms with Crippen LogP contribution in [0.2, 0.25) is 0 Å². The molecule has 0 saturated heterocycles. The third kappa shape index (κ3) is 6.16. The molecule has 2 aromatic carbocycles. The first-order valence-corrected chi connectivity index (χ1v) is 10.1. The van der Waals surface area contributed by atoms with Crippen molar-refractivity contribution in [3.8, 4) is 11.6 Å². The number of carbonyl (C=O) groups is 1. The summed E-state index contributed by atoms with van der Waals surface area (Å²) in [5.74, 6) is 0.231. The first-order valence-electron chi connectivity index (χ1n) is 10.1. The van der Waals surface area contributed by atoms with Crippen molar-refractivity contribution in [2.24, 2.45) is 12.2 Å². The highest BCUT2D eigenvalue weighted by molar-refractivity contribution is 5.89. The standard InChI is InChI=1S/C24H26FN3O4/c1-16-21(22(28(5)27-16)31-20-12-10-19(25)11-13-20)14-26-30-15-17-6-8-18(9-7-17)23(29)32-24(2,3)4/h6-14H,15H2,1-5H3/b26-14+. The van der Waals surface area contributed by atoms with E-state index in [9.17, 15) is 9.18 Å². The highest BCUT2D eigenvalue weighted by Gasteiger charge is 2.18. The van der Waals surface area contributed by atoms with Crippen molar-refractivity contribution in [2.45, 2.75) is 39.9 Å². The molecule has 0 aliphatic rings. The summed E-state index contributed by atoms with van der Waals surface area (Å²) in [6.45, 7) is 7.52. The molecule has 0 atom stereocenters. The minimum absolute atomic E-state index is 0.221. The Bertz CT molecular complexity index is 1100. The Morgan fingerprint density at radius 1 is 1.12 bits per heavy atom. The van der Waals surface area contributed by atoms with Gasteiger partial charge in [0.05, 0.1) is 23.0 Å². The Kier molecular flexibility index (Phi) is 6.92. The van der Waals surface area contributed by atoms with Gasteiger partial charge >= 0.3 is 5.97 Å². The van der Waals surface area contributed by atoms with Gasteiger partial charge in [0.25, 0.3) is 0 Å². The van der Waals surface area contributed by atoms with Crippen LogP contribution in [0.1, 0.15) is 48.0 Å². The summed E-state index contributed by atoms with van der Waals surface area (Å²) < 4.78 is 25.9. The van der Waals surface area contributed by atoms with Crippen LogP contribution in [0.3, 0.4) is 0 Å². The quantitative estimate of drug-likeness (QED) is 0.289. The smallest absolute Gasteiger partial charge is 0.338 e. The lowest BCUT2D eigenvalue weighted by Crippen LogP contribution is -2.23. The molecule has 0 saturated carbocycles. The van der Waals surface area contributed by atoms with Gasteiger partial charge in [-0.1, -0.05) is 17.3 Å². The average molecular weight is 439 g/mol. The number of benzene rings is 2. The van der Waals surface area contributed by atoms with Gasteiger partial charge in [0.15, 0.2) is 0 Å². The fraction of sp³-hybridized carbons (Fsp3) is 0.292. The van der Waals surface area contributed by atoms with E-state index in [2.05, 4.69) is 10.3 Å². The zero-order valence-electron chi connectivity index (χ0n) is 18.8. The number of nitrogens with zero attached hydrogens (tertiary/aromatic N) is 3. The molecule has 3 rings (SSSR count). The van der Waals surface area contributed by atoms with Gasteiger partial charge in [0.2, 0.25) is 5.88 Å². The lowest BCUT2D eigenvalue weighted by Gasteiger charge is -2.19. The normalized spacial score (nSPS) is 11.6. The molecule has 7 nitrogen and oxygen atoms in total. The third-order valence-electron chi connectivity index (χ3n) is 4.32. The van der Waals surface area contributed by atoms with Gasteiger partial charge in [0, 0.05) is 7.05 Å². The molecular formula is C24H26FN3O4. The van der Waals surface area contributed by atoms with Crippen LogP contribution < -0.4 is 4.74 Å². The third-order valence-corrected chi connectivity index (χ3v) is 4.32. The summed E-state index contributed by atoms with van der Waals surface area (Å²) in [5, 5.41) is 8.36. The predicted octanol–water partition coefficient (Wildman–Crippen LogP) is 5.17. The molecule has 0 amide bonds. The summed E-state index contributed by atoms with van der Waals surface area (Å²) in [4.78, 5) is 17.5. The summed E-state index contributed by atoms with van der Waals surface area (Å²) in [6.07, 6.45) is 1.52. The van der Waals surface area contributed by atoms with E-state index >= 15 is 0 Å². The molecule has 0 N–H and O–H groups in total. The number of ether oxygens (including phenoxy) is 2. The van der Waals surface area contributed by atoms with Crippen molar-refractivity contribution >= 4 is 12.2 Å². The number of oxime groups is 1. The van der Waals surface area contributed by atoms with E-state index in [1.807, 2.05) is 27.7 Å². The maximum absolute atomic E-state index is 13.1. The molecule has 8 heteroatoms. The topological polar surface area (TPSA) is 74.9 Å². The molecular weight excluding hydrogens is 413 g/mol. The van der Waals surface area contributed by atoms with Gasteiger partial charge in [-0.25, -0.2) is 13.9 Å². The van der Waals surface area contributed by atoms with E-state index in [0.29, 0.717) is 28.5 Å². The molecule has 32 heavy (non-hydrogen) atoms. The van der Waals surface area contributed by atoms with Crippen LogP contribution in [-0.2, 0) is 23.2 Å². The molecule has 3 aromatic rings. The highest BCUT2D eigenvalue weighted by Crippen LogP contribution is 2.26. The van der Waals surface area contributed by atoms with Crippen molar-refractivity contribution in [3.63, 3.8) is 0 Å². The van der Waals surface area contributed by atoms with E-state index in [4.69, 9.17) is 14.3 Å². The Labute approximate surface area is 186 Å². The molecule has 0 aliphatic heterocycles. The summed E-state index contributed by atoms with van der Waals surface area (Å²) in [6, 6.07) is 12.7. The maximum Gasteiger partial charge on any atom is 0.338 e. The van der Waals surface area contributed by atoms with Gasteiger partial charge in [0.1, 0.15) is 23.8 Å². The van der Waals surface area contributed by atoms with Crippen molar-refractivity contribution in [1.29, 1.82) is 0 Å². The summed E-state index contributed by atoms with van der Waals surface area (Å²) in [5.41, 5.74) is 2.13. The number of rotatable bonds is 7. The van der Waals surface area contributed by atoms with E-state index < -0.39 is 5.60 Å². The van der Waals surface area contributed by atoms with E-state index in [-0.39, 0.29) is 18.4 Å². The van der Waals surface area contributed by atoms with Crippen molar-refractivity contribution in [1.82, 2.24) is 9.78 Å². The van der Waals surface area contributed by atoms with Gasteiger partial charge in [-0.15, -0.1) is 0 Å². The summed E-state index contributed by atoms with van der Waals surface area (Å²) in [7, 11) is 1.75. The van der Waals surface area contributed by atoms with Crippen LogP contribution >= 0.6 is 0 Å². The summed E-state index contributed by atoms with van der Waals surface area (Å²) >= 11 is 0. The second-order valence-corrected chi connectivity index (χ2v) is 8.19. The highest BCUT2D eigenvalue weighted by atomic mass is 19.1. The number of hydrogen-bond acceptors (Lipinski definition) is 6. The largest absolute Gasteiger partial charge is 0.456 e. The lowest BCUT2D eigenvalue weighted by atomic mass is 10.1. The first kappa shape index (κ1) is 23.0. The molecule has 0 aliphatic carbocycles. The molecule has 168 valence electrons. The second kappa shape index (κ2) is 9.64. The average Bonchev–Trinajstić information content (AvgIpc) is 2.98. The Morgan fingerprint density at radius 2 is 1.78 bits per heavy atom. The molecule has 0 unspecified atom stereocenters. The van der Waals surface area contributed by atoms with Crippen molar-refractivity contribution < 1.29 is 23.5 Å². The number of halogens is 1. The van der Waals surface area contributed by atoms with Gasteiger partial charge < -0.3 is 14.3 Å². The van der Waals surface area contributed by atoms with Crippen LogP contribution in [0, 0.1) is 12.7 Å². The van der Waals surface area contributed by atoms with Crippen molar-refractivity contribution in [3.05, 3.63) is 76.7 Å². The van der Waals surface area contributed by atoms with E-state index in [0.717, 1.165) is 5.56 Å². The fourth-order valence-corrected chi connectivity index (χ4v) is 2.81. The second-order valence-electron chi connectivity index (χ2n) is 8.19. The number of hydrogen-bond donors (Lipinski definition) is 0. The Hall–Kier alpha value is -3.68. The first-order chi connectivity index (χ1) is 15.1. The molecule has 0 bridgehead atoms. The zero-order valence-corrected chi connectivity index (χ0v) is 18.8. The Morgan fingerprint density at radius 3 is 2.41 bits per heavy atom. The van der Waals surface area contributed by atoms with Crippen LogP contribution in [0.4, 0.5) is 4.39 Å². The molecule has 1 aromatic heterocycles. The Balaban J connectivity index is 1.62. The molecule has 0 radical (unpaired) electrons. The van der Waals surface area contributed by atoms with Gasteiger partial charge in [-0.2, -0.15) is 5.10 Å². The molecule has 1 heterocycles. The molecule has 0 spiro atoms. The van der Waals surface area contributed by atoms with Gasteiger partial charge in [-0.3, -0.25) is 0 Å². The van der Waals surface area contributed by atoms with Crippen LogP contribution in [-0.4, -0.2) is 27.6 Å². The van der Waals surface area contributed by atoms with Crippen LogP contribution in [0.5, 0.6) is 11.6 Å². The molecule has 0 fully saturated rings. The van der Waals surface area contributed by atoms with Crippen LogP contribution in [0.15, 0.2) is 53.7 Å². The van der Waals surface area contributed by atoms with E-state index in [1.165, 1.54) is 30.5 Å².